The van der Waals surface area contributed by atoms with Crippen molar-refractivity contribution in [2.45, 2.75) is 83.0 Å². The Bertz CT molecular complexity index is 690. The van der Waals surface area contributed by atoms with Crippen LogP contribution in [0.25, 0.3) is 0 Å². The van der Waals surface area contributed by atoms with Crippen LogP contribution in [0.4, 0.5) is 5.69 Å². The molecule has 3 fully saturated rings. The normalized spacial score (nSPS) is 29.5. The number of nitrogens with one attached hydrogen (secondary N) is 1. The largest absolute Gasteiger partial charge is 0.336 e. The molecular formula is C25H40N4O. The summed E-state index contributed by atoms with van der Waals surface area (Å²) in [6.45, 7) is 7.45. The van der Waals surface area contributed by atoms with Gasteiger partial charge < -0.3 is 20.9 Å². The van der Waals surface area contributed by atoms with Crippen molar-refractivity contribution >= 4 is 11.6 Å². The van der Waals surface area contributed by atoms with E-state index < -0.39 is 5.54 Å². The number of anilines is 1. The second kappa shape index (κ2) is 9.27. The first-order chi connectivity index (χ1) is 14.5. The van der Waals surface area contributed by atoms with Gasteiger partial charge in [0, 0.05) is 24.8 Å². The van der Waals surface area contributed by atoms with Gasteiger partial charge in [0.2, 0.25) is 5.91 Å². The maximum absolute atomic E-state index is 13.3. The molecule has 2 aliphatic heterocycles. The zero-order valence-corrected chi connectivity index (χ0v) is 18.9. The highest BCUT2D eigenvalue weighted by atomic mass is 16.2. The Morgan fingerprint density at radius 2 is 1.77 bits per heavy atom. The van der Waals surface area contributed by atoms with Gasteiger partial charge in [0.15, 0.2) is 0 Å². The van der Waals surface area contributed by atoms with Crippen molar-refractivity contribution in [2.24, 2.45) is 17.6 Å². The number of carbonyl (C=O) groups is 1. The molecule has 1 atom stereocenters. The predicted molar refractivity (Wildman–Crippen MR) is 123 cm³/mol. The number of carbonyl (C=O) groups excluding carboxylic acids is 1. The number of rotatable bonds is 6. The van der Waals surface area contributed by atoms with Gasteiger partial charge in [-0.25, -0.2) is 0 Å². The molecule has 0 radical (unpaired) electrons. The van der Waals surface area contributed by atoms with Gasteiger partial charge in [0.25, 0.3) is 0 Å². The van der Waals surface area contributed by atoms with Crippen LogP contribution in [0.2, 0.25) is 0 Å². The number of hydrogen-bond acceptors (Lipinski definition) is 4. The lowest BCUT2D eigenvalue weighted by Gasteiger charge is -2.48. The van der Waals surface area contributed by atoms with E-state index in [4.69, 9.17) is 5.73 Å². The van der Waals surface area contributed by atoms with Crippen LogP contribution in [0.15, 0.2) is 30.3 Å². The van der Waals surface area contributed by atoms with Crippen LogP contribution in [-0.2, 0) is 4.79 Å². The summed E-state index contributed by atoms with van der Waals surface area (Å²) in [6.07, 6.45) is 9.08. The average molecular weight is 413 g/mol. The van der Waals surface area contributed by atoms with Gasteiger partial charge in [-0.3, -0.25) is 4.79 Å². The van der Waals surface area contributed by atoms with Crippen molar-refractivity contribution in [3.05, 3.63) is 30.3 Å². The van der Waals surface area contributed by atoms with Crippen molar-refractivity contribution in [1.29, 1.82) is 0 Å². The molecule has 0 bridgehead atoms. The Kier molecular flexibility index (Phi) is 6.69. The summed E-state index contributed by atoms with van der Waals surface area (Å²) < 4.78 is 0. The third-order valence-corrected chi connectivity index (χ3v) is 8.03. The Hall–Kier alpha value is -1.59. The molecule has 1 spiro atoms. The van der Waals surface area contributed by atoms with Crippen molar-refractivity contribution in [3.8, 4) is 0 Å². The Balaban J connectivity index is 1.47. The Morgan fingerprint density at radius 3 is 2.37 bits per heavy atom. The summed E-state index contributed by atoms with van der Waals surface area (Å²) in [6, 6.07) is 11.2. The quantitative estimate of drug-likeness (QED) is 0.747. The highest BCUT2D eigenvalue weighted by molar-refractivity contribution is 5.94. The van der Waals surface area contributed by atoms with Gasteiger partial charge in [-0.2, -0.15) is 0 Å². The molecule has 1 amide bonds. The molecule has 5 heteroatoms. The van der Waals surface area contributed by atoms with Crippen LogP contribution in [-0.4, -0.2) is 48.2 Å². The number of benzene rings is 1. The lowest BCUT2D eigenvalue weighted by atomic mass is 9.78. The van der Waals surface area contributed by atoms with Gasteiger partial charge in [-0.15, -0.1) is 0 Å². The van der Waals surface area contributed by atoms with Gasteiger partial charge in [0.05, 0.1) is 0 Å². The van der Waals surface area contributed by atoms with E-state index >= 15 is 0 Å². The van der Waals surface area contributed by atoms with Crippen molar-refractivity contribution in [3.63, 3.8) is 0 Å². The van der Waals surface area contributed by atoms with Crippen LogP contribution in [0.5, 0.6) is 0 Å². The molecule has 1 aliphatic carbocycles. The highest BCUT2D eigenvalue weighted by Crippen LogP contribution is 2.41. The fourth-order valence-electron chi connectivity index (χ4n) is 6.15. The minimum atomic E-state index is -0.410. The smallest absolute Gasteiger partial charge is 0.247 e. The first-order valence-corrected chi connectivity index (χ1v) is 12.1. The molecule has 30 heavy (non-hydrogen) atoms. The standard InChI is InChI=1S/C25H40N4O/c1-19(2)20-10-12-21(13-11-20)28-17-14-25(15-18-28)24(30)27-23(9-6-16-26)29(25)22-7-4-3-5-8-22/h3-5,7-8,19-21,23H,6,9-18,26H2,1-2H3,(H,27,30)/t20-,21+,23?. The van der Waals surface area contributed by atoms with Crippen LogP contribution in [0.1, 0.15) is 65.2 Å². The van der Waals surface area contributed by atoms with Gasteiger partial charge in [0.1, 0.15) is 11.7 Å². The molecule has 1 aromatic carbocycles. The van der Waals surface area contributed by atoms with E-state index in [1.54, 1.807) is 0 Å². The zero-order chi connectivity index (χ0) is 21.1. The second-order valence-corrected chi connectivity index (χ2v) is 10.0. The molecule has 2 saturated heterocycles. The number of amides is 1. The fraction of sp³-hybridized carbons (Fsp3) is 0.720. The monoisotopic (exact) mass is 412 g/mol. The SMILES string of the molecule is CC(C)[C@H]1CC[C@@H](N2CCC3(CC2)C(=O)NC(CCCN)N3c2ccccc2)CC1. The Labute approximate surface area is 182 Å². The maximum Gasteiger partial charge on any atom is 0.247 e. The van der Waals surface area contributed by atoms with E-state index in [0.717, 1.165) is 56.3 Å². The van der Waals surface area contributed by atoms with Crippen molar-refractivity contribution < 1.29 is 4.79 Å². The number of nitrogens with zero attached hydrogens (tertiary/aromatic N) is 2. The molecule has 3 aliphatic rings. The minimum absolute atomic E-state index is 0.0523. The summed E-state index contributed by atoms with van der Waals surface area (Å²) in [4.78, 5) is 18.4. The van der Waals surface area contributed by atoms with Gasteiger partial charge in [-0.05, 0) is 81.9 Å². The van der Waals surface area contributed by atoms with Crippen LogP contribution < -0.4 is 16.0 Å². The first kappa shape index (κ1) is 21.6. The van der Waals surface area contributed by atoms with E-state index in [0.29, 0.717) is 12.6 Å². The van der Waals surface area contributed by atoms with E-state index in [1.807, 2.05) is 6.07 Å². The van der Waals surface area contributed by atoms with E-state index in [1.165, 1.54) is 25.7 Å². The molecule has 0 aromatic heterocycles. The number of piperidine rings is 1. The second-order valence-electron chi connectivity index (χ2n) is 10.0. The lowest BCUT2D eigenvalue weighted by Crippen LogP contribution is -2.59. The summed E-state index contributed by atoms with van der Waals surface area (Å²) in [5.41, 5.74) is 6.53. The van der Waals surface area contributed by atoms with E-state index in [-0.39, 0.29) is 12.1 Å². The van der Waals surface area contributed by atoms with Crippen molar-refractivity contribution in [1.82, 2.24) is 10.2 Å². The molecule has 1 saturated carbocycles. The molecular weight excluding hydrogens is 372 g/mol. The van der Waals surface area contributed by atoms with Crippen LogP contribution >= 0.6 is 0 Å². The van der Waals surface area contributed by atoms with E-state index in [9.17, 15) is 4.79 Å². The van der Waals surface area contributed by atoms with Gasteiger partial charge >= 0.3 is 0 Å². The molecule has 1 aromatic rings. The molecule has 4 rings (SSSR count). The fourth-order valence-corrected chi connectivity index (χ4v) is 6.15. The molecule has 5 nitrogen and oxygen atoms in total. The summed E-state index contributed by atoms with van der Waals surface area (Å²) in [5, 5.41) is 3.32. The molecule has 166 valence electrons. The predicted octanol–water partition coefficient (Wildman–Crippen LogP) is 3.74. The van der Waals surface area contributed by atoms with Crippen LogP contribution in [0, 0.1) is 11.8 Å². The zero-order valence-electron chi connectivity index (χ0n) is 18.9. The van der Waals surface area contributed by atoms with Crippen LogP contribution in [0.3, 0.4) is 0 Å². The van der Waals surface area contributed by atoms with Crippen molar-refractivity contribution in [2.75, 3.05) is 24.5 Å². The minimum Gasteiger partial charge on any atom is -0.336 e. The number of para-hydroxylation sites is 1. The lowest BCUT2D eigenvalue weighted by molar-refractivity contribution is -0.125. The molecule has 2 heterocycles. The molecule has 1 unspecified atom stereocenters. The summed E-state index contributed by atoms with van der Waals surface area (Å²) in [5.74, 6) is 1.93. The average Bonchev–Trinajstić information content (AvgIpc) is 3.04. The summed E-state index contributed by atoms with van der Waals surface area (Å²) >= 11 is 0. The highest BCUT2D eigenvalue weighted by Gasteiger charge is 2.54. The van der Waals surface area contributed by atoms with E-state index in [2.05, 4.69) is 53.2 Å². The topological polar surface area (TPSA) is 61.6 Å². The van der Waals surface area contributed by atoms with Gasteiger partial charge in [-0.1, -0.05) is 32.0 Å². The Morgan fingerprint density at radius 1 is 1.10 bits per heavy atom. The number of hydrogen-bond donors (Lipinski definition) is 2. The molecule has 3 N–H and O–H groups in total. The maximum atomic E-state index is 13.3. The first-order valence-electron chi connectivity index (χ1n) is 12.1. The number of nitrogens with two attached hydrogens (primary N) is 1. The summed E-state index contributed by atoms with van der Waals surface area (Å²) in [7, 11) is 0. The number of likely N-dealkylation sites (tertiary alicyclic amines) is 1. The third-order valence-electron chi connectivity index (χ3n) is 8.03. The third kappa shape index (κ3) is 4.11.